The van der Waals surface area contributed by atoms with E-state index in [4.69, 9.17) is 9.47 Å². The van der Waals surface area contributed by atoms with E-state index in [2.05, 4.69) is 10.6 Å². The molecule has 2 N–H and O–H groups in total. The van der Waals surface area contributed by atoms with Crippen molar-refractivity contribution in [1.29, 1.82) is 0 Å². The van der Waals surface area contributed by atoms with Crippen LogP contribution < -0.4 is 10.6 Å². The van der Waals surface area contributed by atoms with Crippen LogP contribution in [0.25, 0.3) is 0 Å². The average molecular weight is 270 g/mol. The second-order valence-electron chi connectivity index (χ2n) is 5.59. The van der Waals surface area contributed by atoms with Crippen molar-refractivity contribution in [2.45, 2.75) is 50.2 Å². The maximum atomic E-state index is 11.8. The molecule has 1 heterocycles. The number of hydrogen-bond acceptors (Lipinski definition) is 4. The molecule has 1 amide bonds. The third-order valence-electron chi connectivity index (χ3n) is 4.24. The molecular weight excluding hydrogens is 244 g/mol. The second kappa shape index (κ2) is 7.22. The van der Waals surface area contributed by atoms with Crippen LogP contribution in [0, 0.1) is 0 Å². The zero-order chi connectivity index (χ0) is 13.6. The van der Waals surface area contributed by atoms with E-state index in [-0.39, 0.29) is 11.5 Å². The molecule has 1 saturated heterocycles. The molecule has 0 bridgehead atoms. The molecule has 0 aromatic heterocycles. The molecule has 5 nitrogen and oxygen atoms in total. The summed E-state index contributed by atoms with van der Waals surface area (Å²) in [5.74, 6) is 0.0791. The Balaban J connectivity index is 1.53. The SMILES string of the molecule is COC1(CC(=O)NCCOC2CCNCC2)CCC1. The van der Waals surface area contributed by atoms with E-state index in [1.165, 1.54) is 6.42 Å². The second-order valence-corrected chi connectivity index (χ2v) is 5.59. The van der Waals surface area contributed by atoms with Gasteiger partial charge >= 0.3 is 0 Å². The summed E-state index contributed by atoms with van der Waals surface area (Å²) in [6, 6.07) is 0. The Kier molecular flexibility index (Phi) is 5.60. The average Bonchev–Trinajstić information content (AvgIpc) is 2.40. The first-order chi connectivity index (χ1) is 9.24. The summed E-state index contributed by atoms with van der Waals surface area (Å²) >= 11 is 0. The van der Waals surface area contributed by atoms with Crippen LogP contribution in [0.2, 0.25) is 0 Å². The Labute approximate surface area is 115 Å². The Morgan fingerprint density at radius 2 is 2.11 bits per heavy atom. The van der Waals surface area contributed by atoms with Crippen LogP contribution in [0.1, 0.15) is 38.5 Å². The van der Waals surface area contributed by atoms with Crippen molar-refractivity contribution in [1.82, 2.24) is 10.6 Å². The highest BCUT2D eigenvalue weighted by atomic mass is 16.5. The van der Waals surface area contributed by atoms with Gasteiger partial charge in [-0.25, -0.2) is 0 Å². The summed E-state index contributed by atoms with van der Waals surface area (Å²) in [7, 11) is 1.70. The molecule has 2 fully saturated rings. The van der Waals surface area contributed by atoms with Gasteiger partial charge in [-0.15, -0.1) is 0 Å². The molecule has 2 aliphatic rings. The lowest BCUT2D eigenvalue weighted by Gasteiger charge is -2.39. The Bertz CT molecular complexity index is 281. The lowest BCUT2D eigenvalue weighted by molar-refractivity contribution is -0.134. The van der Waals surface area contributed by atoms with Gasteiger partial charge in [0.2, 0.25) is 5.91 Å². The van der Waals surface area contributed by atoms with Gasteiger partial charge in [-0.3, -0.25) is 4.79 Å². The fourth-order valence-electron chi connectivity index (χ4n) is 2.76. The van der Waals surface area contributed by atoms with E-state index < -0.39 is 0 Å². The molecule has 5 heteroatoms. The number of piperidine rings is 1. The fraction of sp³-hybridized carbons (Fsp3) is 0.929. The standard InChI is InChI=1S/C14H26N2O3/c1-18-14(5-2-6-14)11-13(17)16-9-10-19-12-3-7-15-8-4-12/h12,15H,2-11H2,1H3,(H,16,17). The van der Waals surface area contributed by atoms with Gasteiger partial charge in [0.25, 0.3) is 0 Å². The number of hydrogen-bond donors (Lipinski definition) is 2. The first-order valence-electron chi connectivity index (χ1n) is 7.38. The Hall–Kier alpha value is -0.650. The molecule has 2 rings (SSSR count). The summed E-state index contributed by atoms with van der Waals surface area (Å²) in [6.45, 7) is 3.28. The molecule has 0 unspecified atom stereocenters. The van der Waals surface area contributed by atoms with Crippen molar-refractivity contribution in [2.75, 3.05) is 33.4 Å². The minimum absolute atomic E-state index is 0.0791. The van der Waals surface area contributed by atoms with Crippen LogP contribution in [0.15, 0.2) is 0 Å². The zero-order valence-electron chi connectivity index (χ0n) is 11.9. The Morgan fingerprint density at radius 3 is 2.68 bits per heavy atom. The highest BCUT2D eigenvalue weighted by Gasteiger charge is 2.38. The third kappa shape index (κ3) is 4.44. The molecule has 0 radical (unpaired) electrons. The molecule has 0 atom stereocenters. The van der Waals surface area contributed by atoms with E-state index in [0.29, 0.717) is 25.7 Å². The molecule has 1 saturated carbocycles. The predicted octanol–water partition coefficient (Wildman–Crippen LogP) is 0.830. The number of carbonyl (C=O) groups is 1. The van der Waals surface area contributed by atoms with Gasteiger partial charge in [-0.1, -0.05) is 0 Å². The van der Waals surface area contributed by atoms with E-state index in [1.807, 2.05) is 0 Å². The number of nitrogens with one attached hydrogen (secondary N) is 2. The first-order valence-corrected chi connectivity index (χ1v) is 7.38. The van der Waals surface area contributed by atoms with Gasteiger partial charge in [0.15, 0.2) is 0 Å². The lowest BCUT2D eigenvalue weighted by Crippen LogP contribution is -2.44. The van der Waals surface area contributed by atoms with Crippen LogP contribution in [0.5, 0.6) is 0 Å². The quantitative estimate of drug-likeness (QED) is 0.673. The van der Waals surface area contributed by atoms with Gasteiger partial charge in [0, 0.05) is 13.7 Å². The van der Waals surface area contributed by atoms with Crippen molar-refractivity contribution in [3.63, 3.8) is 0 Å². The molecule has 110 valence electrons. The summed E-state index contributed by atoms with van der Waals surface area (Å²) in [5.41, 5.74) is -0.181. The minimum atomic E-state index is -0.181. The van der Waals surface area contributed by atoms with Crippen molar-refractivity contribution in [3.8, 4) is 0 Å². The van der Waals surface area contributed by atoms with Gasteiger partial charge in [-0.2, -0.15) is 0 Å². The van der Waals surface area contributed by atoms with Crippen LogP contribution in [-0.4, -0.2) is 51.0 Å². The van der Waals surface area contributed by atoms with Crippen LogP contribution >= 0.6 is 0 Å². The molecule has 0 spiro atoms. The van der Waals surface area contributed by atoms with Crippen LogP contribution in [-0.2, 0) is 14.3 Å². The van der Waals surface area contributed by atoms with Crippen LogP contribution in [0.3, 0.4) is 0 Å². The summed E-state index contributed by atoms with van der Waals surface area (Å²) in [5, 5.41) is 6.23. The molecule has 0 aromatic rings. The monoisotopic (exact) mass is 270 g/mol. The molecule has 0 aromatic carbocycles. The Morgan fingerprint density at radius 1 is 1.37 bits per heavy atom. The molecular formula is C14H26N2O3. The molecule has 1 aliphatic carbocycles. The number of amides is 1. The van der Waals surface area contributed by atoms with Crippen LogP contribution in [0.4, 0.5) is 0 Å². The highest BCUT2D eigenvalue weighted by Crippen LogP contribution is 2.37. The number of carbonyl (C=O) groups excluding carboxylic acids is 1. The van der Waals surface area contributed by atoms with Gasteiger partial charge in [0.05, 0.1) is 24.7 Å². The van der Waals surface area contributed by atoms with Gasteiger partial charge < -0.3 is 20.1 Å². The normalized spacial score (nSPS) is 22.8. The first kappa shape index (κ1) is 14.8. The van der Waals surface area contributed by atoms with Crippen molar-refractivity contribution in [2.24, 2.45) is 0 Å². The highest BCUT2D eigenvalue weighted by molar-refractivity contribution is 5.77. The molecule has 1 aliphatic heterocycles. The summed E-state index contributed by atoms with van der Waals surface area (Å²) in [4.78, 5) is 11.8. The van der Waals surface area contributed by atoms with Gasteiger partial charge in [0.1, 0.15) is 0 Å². The lowest BCUT2D eigenvalue weighted by atomic mass is 9.77. The topological polar surface area (TPSA) is 59.6 Å². The number of methoxy groups -OCH3 is 1. The summed E-state index contributed by atoms with van der Waals surface area (Å²) < 4.78 is 11.2. The zero-order valence-corrected chi connectivity index (χ0v) is 11.9. The smallest absolute Gasteiger partial charge is 0.222 e. The third-order valence-corrected chi connectivity index (χ3v) is 4.24. The van der Waals surface area contributed by atoms with Gasteiger partial charge in [-0.05, 0) is 45.2 Å². The maximum Gasteiger partial charge on any atom is 0.222 e. The van der Waals surface area contributed by atoms with E-state index >= 15 is 0 Å². The largest absolute Gasteiger partial charge is 0.378 e. The maximum absolute atomic E-state index is 11.8. The molecule has 19 heavy (non-hydrogen) atoms. The minimum Gasteiger partial charge on any atom is -0.378 e. The number of ether oxygens (including phenoxy) is 2. The fourth-order valence-corrected chi connectivity index (χ4v) is 2.76. The van der Waals surface area contributed by atoms with E-state index in [9.17, 15) is 4.79 Å². The number of rotatable bonds is 7. The van der Waals surface area contributed by atoms with E-state index in [1.54, 1.807) is 7.11 Å². The summed E-state index contributed by atoms with van der Waals surface area (Å²) in [6.07, 6.45) is 6.15. The van der Waals surface area contributed by atoms with Crippen molar-refractivity contribution < 1.29 is 14.3 Å². The predicted molar refractivity (Wildman–Crippen MR) is 73.1 cm³/mol. The van der Waals surface area contributed by atoms with Crippen molar-refractivity contribution in [3.05, 3.63) is 0 Å². The van der Waals surface area contributed by atoms with Crippen molar-refractivity contribution >= 4 is 5.91 Å². The van der Waals surface area contributed by atoms with E-state index in [0.717, 1.165) is 38.8 Å².